The van der Waals surface area contributed by atoms with Crippen LogP contribution in [0.4, 0.5) is 5.69 Å². The van der Waals surface area contributed by atoms with Crippen LogP contribution in [-0.4, -0.2) is 33.5 Å². The van der Waals surface area contributed by atoms with Gasteiger partial charge in [0.1, 0.15) is 5.65 Å². The number of imidazole rings is 1. The first-order valence-corrected chi connectivity index (χ1v) is 9.41. The molecular formula is C19H18N4O2S. The van der Waals surface area contributed by atoms with E-state index in [9.17, 15) is 9.59 Å². The number of para-hydroxylation sites is 1. The predicted octanol–water partition coefficient (Wildman–Crippen LogP) is 2.48. The van der Waals surface area contributed by atoms with Gasteiger partial charge in [0, 0.05) is 30.3 Å². The highest BCUT2D eigenvalue weighted by atomic mass is 32.2. The van der Waals surface area contributed by atoms with Gasteiger partial charge in [-0.05, 0) is 24.3 Å². The average molecular weight is 366 g/mol. The van der Waals surface area contributed by atoms with Crippen molar-refractivity contribution in [1.29, 1.82) is 0 Å². The van der Waals surface area contributed by atoms with E-state index in [2.05, 4.69) is 10.3 Å². The second kappa shape index (κ2) is 7.21. The Morgan fingerprint density at radius 1 is 1.19 bits per heavy atom. The molecule has 26 heavy (non-hydrogen) atoms. The highest BCUT2D eigenvalue weighted by Crippen LogP contribution is 2.34. The van der Waals surface area contributed by atoms with Crippen LogP contribution in [0, 0.1) is 0 Å². The largest absolute Gasteiger partial charge is 0.350 e. The van der Waals surface area contributed by atoms with Crippen molar-refractivity contribution in [1.82, 2.24) is 14.7 Å². The molecular weight excluding hydrogens is 348 g/mol. The molecule has 1 aliphatic rings. The van der Waals surface area contributed by atoms with Gasteiger partial charge >= 0.3 is 0 Å². The van der Waals surface area contributed by atoms with Crippen LogP contribution in [-0.2, 0) is 16.1 Å². The van der Waals surface area contributed by atoms with E-state index in [4.69, 9.17) is 0 Å². The summed E-state index contributed by atoms with van der Waals surface area (Å²) in [5.74, 6) is 0.368. The minimum Gasteiger partial charge on any atom is -0.350 e. The smallest absolute Gasteiger partial charge is 0.237 e. The molecule has 3 aromatic rings. The van der Waals surface area contributed by atoms with Crippen molar-refractivity contribution in [2.24, 2.45) is 0 Å². The quantitative estimate of drug-likeness (QED) is 0.753. The average Bonchev–Trinajstić information content (AvgIpc) is 3.08. The molecule has 7 heteroatoms. The summed E-state index contributed by atoms with van der Waals surface area (Å²) < 4.78 is 1.92. The molecule has 2 aromatic heterocycles. The summed E-state index contributed by atoms with van der Waals surface area (Å²) in [5.41, 5.74) is 2.55. The number of benzene rings is 1. The number of thioether (sulfide) groups is 1. The Morgan fingerprint density at radius 2 is 2.04 bits per heavy atom. The lowest BCUT2D eigenvalue weighted by atomic mass is 10.2. The number of anilines is 1. The van der Waals surface area contributed by atoms with Gasteiger partial charge in [0.25, 0.3) is 0 Å². The molecule has 0 atom stereocenters. The van der Waals surface area contributed by atoms with E-state index in [1.807, 2.05) is 59.3 Å². The number of nitrogens with zero attached hydrogens (tertiary/aromatic N) is 3. The number of fused-ring (bicyclic) bond motifs is 2. The topological polar surface area (TPSA) is 66.7 Å². The molecule has 0 saturated heterocycles. The van der Waals surface area contributed by atoms with E-state index in [1.165, 1.54) is 0 Å². The molecule has 0 radical (unpaired) electrons. The van der Waals surface area contributed by atoms with E-state index >= 15 is 0 Å². The molecule has 2 amide bonds. The van der Waals surface area contributed by atoms with Crippen LogP contribution in [0.15, 0.2) is 59.8 Å². The number of nitrogens with one attached hydrogen (secondary N) is 1. The lowest BCUT2D eigenvalue weighted by Gasteiger charge is -2.28. The van der Waals surface area contributed by atoms with Gasteiger partial charge in [-0.3, -0.25) is 9.59 Å². The Labute approximate surface area is 155 Å². The fraction of sp³-hybridized carbons (Fsp3) is 0.211. The number of rotatable bonds is 5. The van der Waals surface area contributed by atoms with Crippen LogP contribution in [0.5, 0.6) is 0 Å². The second-order valence-corrected chi connectivity index (χ2v) is 7.04. The monoisotopic (exact) mass is 366 g/mol. The van der Waals surface area contributed by atoms with Crippen molar-refractivity contribution in [3.63, 3.8) is 0 Å². The third-order valence-corrected chi connectivity index (χ3v) is 5.30. The minimum absolute atomic E-state index is 0.0434. The zero-order valence-corrected chi connectivity index (χ0v) is 14.9. The SMILES string of the molecule is O=C(CCN1C(=O)CSc2ccccc21)NCc1cn2ccccc2n1. The van der Waals surface area contributed by atoms with Gasteiger partial charge in [0.05, 0.1) is 23.7 Å². The van der Waals surface area contributed by atoms with E-state index in [0.717, 1.165) is 21.9 Å². The molecule has 1 aromatic carbocycles. The summed E-state index contributed by atoms with van der Waals surface area (Å²) in [6, 6.07) is 13.6. The molecule has 0 bridgehead atoms. The van der Waals surface area contributed by atoms with E-state index in [0.29, 0.717) is 18.8 Å². The molecule has 0 spiro atoms. The number of amides is 2. The van der Waals surface area contributed by atoms with Crippen LogP contribution >= 0.6 is 11.8 Å². The summed E-state index contributed by atoms with van der Waals surface area (Å²) in [7, 11) is 0. The summed E-state index contributed by atoms with van der Waals surface area (Å²) in [6.07, 6.45) is 4.08. The summed E-state index contributed by atoms with van der Waals surface area (Å²) in [6.45, 7) is 0.758. The van der Waals surface area contributed by atoms with E-state index in [1.54, 1.807) is 16.7 Å². The summed E-state index contributed by atoms with van der Waals surface area (Å²) in [5, 5.41) is 2.88. The zero-order chi connectivity index (χ0) is 17.9. The molecule has 0 unspecified atom stereocenters. The van der Waals surface area contributed by atoms with Gasteiger partial charge in [0.2, 0.25) is 11.8 Å². The fourth-order valence-electron chi connectivity index (χ4n) is 2.96. The van der Waals surface area contributed by atoms with Gasteiger partial charge in [0.15, 0.2) is 0 Å². The number of pyridine rings is 1. The number of hydrogen-bond donors (Lipinski definition) is 1. The number of aromatic nitrogens is 2. The minimum atomic E-state index is -0.0921. The van der Waals surface area contributed by atoms with Crippen LogP contribution in [0.3, 0.4) is 0 Å². The van der Waals surface area contributed by atoms with Gasteiger partial charge < -0.3 is 14.6 Å². The van der Waals surface area contributed by atoms with Crippen molar-refractivity contribution < 1.29 is 9.59 Å². The maximum atomic E-state index is 12.2. The van der Waals surface area contributed by atoms with Crippen molar-refractivity contribution in [2.75, 3.05) is 17.2 Å². The van der Waals surface area contributed by atoms with Gasteiger partial charge in [-0.1, -0.05) is 18.2 Å². The predicted molar refractivity (Wildman–Crippen MR) is 101 cm³/mol. The van der Waals surface area contributed by atoms with Crippen LogP contribution in [0.25, 0.3) is 5.65 Å². The first kappa shape index (κ1) is 16.7. The number of carbonyl (C=O) groups excluding carboxylic acids is 2. The Hall–Kier alpha value is -2.80. The Morgan fingerprint density at radius 3 is 2.92 bits per heavy atom. The molecule has 6 nitrogen and oxygen atoms in total. The Kier molecular flexibility index (Phi) is 4.62. The second-order valence-electron chi connectivity index (χ2n) is 6.03. The molecule has 0 fully saturated rings. The van der Waals surface area contributed by atoms with Crippen LogP contribution in [0.2, 0.25) is 0 Å². The van der Waals surface area contributed by atoms with Gasteiger partial charge in [-0.15, -0.1) is 11.8 Å². The lowest BCUT2D eigenvalue weighted by molar-refractivity contribution is -0.121. The van der Waals surface area contributed by atoms with Crippen molar-refractivity contribution in [3.8, 4) is 0 Å². The van der Waals surface area contributed by atoms with Crippen molar-refractivity contribution >= 4 is 34.9 Å². The van der Waals surface area contributed by atoms with Crippen LogP contribution in [0.1, 0.15) is 12.1 Å². The molecule has 3 heterocycles. The molecule has 1 N–H and O–H groups in total. The number of hydrogen-bond acceptors (Lipinski definition) is 4. The van der Waals surface area contributed by atoms with Crippen LogP contribution < -0.4 is 10.2 Å². The van der Waals surface area contributed by atoms with Crippen molar-refractivity contribution in [3.05, 3.63) is 60.6 Å². The first-order chi connectivity index (χ1) is 12.7. The third-order valence-electron chi connectivity index (χ3n) is 4.25. The molecule has 1 aliphatic heterocycles. The Balaban J connectivity index is 1.34. The zero-order valence-electron chi connectivity index (χ0n) is 14.1. The number of carbonyl (C=O) groups is 2. The third kappa shape index (κ3) is 3.43. The fourth-order valence-corrected chi connectivity index (χ4v) is 3.90. The van der Waals surface area contributed by atoms with Crippen molar-refractivity contribution in [2.45, 2.75) is 17.9 Å². The van der Waals surface area contributed by atoms with E-state index < -0.39 is 0 Å². The molecule has 132 valence electrons. The highest BCUT2D eigenvalue weighted by molar-refractivity contribution is 8.00. The maximum absolute atomic E-state index is 12.2. The van der Waals surface area contributed by atoms with E-state index in [-0.39, 0.29) is 18.2 Å². The molecule has 4 rings (SSSR count). The summed E-state index contributed by atoms with van der Waals surface area (Å²) in [4.78, 5) is 31.7. The normalized spacial score (nSPS) is 13.7. The molecule has 0 saturated carbocycles. The van der Waals surface area contributed by atoms with Gasteiger partial charge in [-0.25, -0.2) is 4.98 Å². The lowest BCUT2D eigenvalue weighted by Crippen LogP contribution is -2.38. The molecule has 0 aliphatic carbocycles. The maximum Gasteiger partial charge on any atom is 0.237 e. The summed E-state index contributed by atoms with van der Waals surface area (Å²) >= 11 is 1.54. The standard InChI is InChI=1S/C19H18N4O2S/c24-18(20-11-14-12-22-9-4-3-7-17(22)21-14)8-10-23-15-5-1-2-6-16(15)26-13-19(23)25/h1-7,9,12H,8,10-11,13H2,(H,20,24). The van der Waals surface area contributed by atoms with Gasteiger partial charge in [-0.2, -0.15) is 0 Å². The first-order valence-electron chi connectivity index (χ1n) is 8.42. The Bertz CT molecular complexity index is 936. The highest BCUT2D eigenvalue weighted by Gasteiger charge is 2.24.